The van der Waals surface area contributed by atoms with E-state index in [1.807, 2.05) is 0 Å². The summed E-state index contributed by atoms with van der Waals surface area (Å²) in [7, 11) is -4.03. The summed E-state index contributed by atoms with van der Waals surface area (Å²) in [5.41, 5.74) is 6.16. The minimum atomic E-state index is -4.03. The van der Waals surface area contributed by atoms with Gasteiger partial charge in [-0.15, -0.1) is 4.40 Å². The van der Waals surface area contributed by atoms with Crippen LogP contribution in [0.3, 0.4) is 0 Å². The Hall–Kier alpha value is -2.39. The SMILES string of the molecule is NC(=NS(=O)(=O)Nc1ccsc1)NC(=O)c1ccccc1. The molecule has 0 unspecified atom stereocenters. The van der Waals surface area contributed by atoms with Crippen LogP contribution in [-0.4, -0.2) is 20.3 Å². The first-order valence-electron chi connectivity index (χ1n) is 5.73. The average molecular weight is 324 g/mol. The fraction of sp³-hybridized carbons (Fsp3) is 0. The summed E-state index contributed by atoms with van der Waals surface area (Å²) in [6, 6.07) is 9.83. The number of hydrogen-bond donors (Lipinski definition) is 3. The normalized spacial score (nSPS) is 11.9. The summed E-state index contributed by atoms with van der Waals surface area (Å²) in [5.74, 6) is -1.05. The van der Waals surface area contributed by atoms with E-state index in [0.717, 1.165) is 0 Å². The second-order valence-corrected chi connectivity index (χ2v) is 6.00. The van der Waals surface area contributed by atoms with Crippen LogP contribution in [-0.2, 0) is 10.2 Å². The van der Waals surface area contributed by atoms with Crippen LogP contribution < -0.4 is 15.8 Å². The highest BCUT2D eigenvalue weighted by molar-refractivity contribution is 7.91. The first-order chi connectivity index (χ1) is 9.96. The van der Waals surface area contributed by atoms with Crippen LogP contribution in [0, 0.1) is 0 Å². The number of carbonyl (C=O) groups excluding carboxylic acids is 1. The van der Waals surface area contributed by atoms with Crippen LogP contribution in [0.1, 0.15) is 10.4 Å². The molecule has 0 saturated heterocycles. The molecular formula is C12H12N4O3S2. The van der Waals surface area contributed by atoms with E-state index in [1.165, 1.54) is 11.3 Å². The summed E-state index contributed by atoms with van der Waals surface area (Å²) in [5, 5.41) is 5.52. The third-order valence-corrected chi connectivity index (χ3v) is 3.88. The molecule has 0 aliphatic carbocycles. The smallest absolute Gasteiger partial charge is 0.345 e. The Kier molecular flexibility index (Phi) is 4.55. The van der Waals surface area contributed by atoms with Crippen molar-refractivity contribution >= 4 is 39.1 Å². The molecule has 1 amide bonds. The van der Waals surface area contributed by atoms with Crippen LogP contribution >= 0.6 is 11.3 Å². The van der Waals surface area contributed by atoms with E-state index in [-0.39, 0.29) is 0 Å². The molecule has 7 nitrogen and oxygen atoms in total. The molecule has 4 N–H and O–H groups in total. The molecule has 2 rings (SSSR count). The molecule has 0 atom stereocenters. The third kappa shape index (κ3) is 4.58. The van der Waals surface area contributed by atoms with Gasteiger partial charge >= 0.3 is 10.2 Å². The Labute approximate surface area is 125 Å². The lowest BCUT2D eigenvalue weighted by Gasteiger charge is -2.05. The van der Waals surface area contributed by atoms with Crippen LogP contribution in [0.5, 0.6) is 0 Å². The summed E-state index contributed by atoms with van der Waals surface area (Å²) < 4.78 is 28.9. The van der Waals surface area contributed by atoms with Crippen molar-refractivity contribution in [3.05, 3.63) is 52.7 Å². The minimum absolute atomic E-state index is 0.346. The van der Waals surface area contributed by atoms with Gasteiger partial charge in [0.15, 0.2) is 0 Å². The second kappa shape index (κ2) is 6.37. The molecule has 110 valence electrons. The van der Waals surface area contributed by atoms with Gasteiger partial charge in [0.2, 0.25) is 5.96 Å². The Balaban J connectivity index is 2.05. The number of nitrogens with zero attached hydrogens (tertiary/aromatic N) is 1. The van der Waals surface area contributed by atoms with Gasteiger partial charge in [0.05, 0.1) is 5.69 Å². The van der Waals surface area contributed by atoms with E-state index in [9.17, 15) is 13.2 Å². The number of thiophene rings is 1. The summed E-state index contributed by atoms with van der Waals surface area (Å²) in [6.07, 6.45) is 0. The van der Waals surface area contributed by atoms with Crippen molar-refractivity contribution in [2.24, 2.45) is 10.1 Å². The topological polar surface area (TPSA) is 114 Å². The standard InChI is InChI=1S/C12H12N4O3S2/c13-12(14-11(17)9-4-2-1-3-5-9)16-21(18,19)15-10-6-7-20-8-10/h1-8,15H,(H3,13,14,16,17). The number of hydrogen-bond acceptors (Lipinski definition) is 4. The molecule has 9 heteroatoms. The Morgan fingerprint density at radius 2 is 1.90 bits per heavy atom. The summed E-state index contributed by atoms with van der Waals surface area (Å²) in [6.45, 7) is 0. The van der Waals surface area contributed by atoms with Crippen molar-refractivity contribution in [1.82, 2.24) is 5.32 Å². The number of guanidine groups is 1. The second-order valence-electron chi connectivity index (χ2n) is 3.89. The molecule has 1 heterocycles. The Bertz CT molecular complexity index is 740. The number of nitrogens with two attached hydrogens (primary N) is 1. The monoisotopic (exact) mass is 324 g/mol. The maximum absolute atomic E-state index is 11.8. The van der Waals surface area contributed by atoms with Gasteiger partial charge in [0, 0.05) is 10.9 Å². The fourth-order valence-corrected chi connectivity index (χ4v) is 2.86. The molecule has 0 radical (unpaired) electrons. The van der Waals surface area contributed by atoms with Crippen molar-refractivity contribution < 1.29 is 13.2 Å². The van der Waals surface area contributed by atoms with E-state index in [1.54, 1.807) is 47.2 Å². The molecule has 0 aliphatic heterocycles. The highest BCUT2D eigenvalue weighted by Crippen LogP contribution is 2.13. The number of rotatable bonds is 4. The van der Waals surface area contributed by atoms with Crippen molar-refractivity contribution in [2.45, 2.75) is 0 Å². The van der Waals surface area contributed by atoms with Crippen molar-refractivity contribution in [3.63, 3.8) is 0 Å². The van der Waals surface area contributed by atoms with Crippen LogP contribution in [0.2, 0.25) is 0 Å². The minimum Gasteiger partial charge on any atom is -0.369 e. The van der Waals surface area contributed by atoms with Gasteiger partial charge in [-0.1, -0.05) is 18.2 Å². The lowest BCUT2D eigenvalue weighted by Crippen LogP contribution is -2.37. The quantitative estimate of drug-likeness (QED) is 0.578. The van der Waals surface area contributed by atoms with Crippen molar-refractivity contribution in [3.8, 4) is 0 Å². The van der Waals surface area contributed by atoms with Gasteiger partial charge in [-0.3, -0.25) is 14.8 Å². The highest BCUT2D eigenvalue weighted by Gasteiger charge is 2.12. The van der Waals surface area contributed by atoms with Gasteiger partial charge in [-0.05, 0) is 23.6 Å². The number of amides is 1. The van der Waals surface area contributed by atoms with Gasteiger partial charge in [-0.2, -0.15) is 19.8 Å². The Morgan fingerprint density at radius 3 is 2.52 bits per heavy atom. The summed E-state index contributed by atoms with van der Waals surface area (Å²) >= 11 is 1.33. The number of nitrogens with one attached hydrogen (secondary N) is 2. The number of benzene rings is 1. The lowest BCUT2D eigenvalue weighted by atomic mass is 10.2. The average Bonchev–Trinajstić information content (AvgIpc) is 2.90. The molecule has 0 fully saturated rings. The zero-order valence-corrected chi connectivity index (χ0v) is 12.3. The van der Waals surface area contributed by atoms with E-state index in [0.29, 0.717) is 11.3 Å². The largest absolute Gasteiger partial charge is 0.369 e. The predicted octanol–water partition coefficient (Wildman–Crippen LogP) is 1.15. The molecule has 0 bridgehead atoms. The highest BCUT2D eigenvalue weighted by atomic mass is 32.2. The van der Waals surface area contributed by atoms with E-state index in [2.05, 4.69) is 14.4 Å². The van der Waals surface area contributed by atoms with Crippen LogP contribution in [0.15, 0.2) is 51.6 Å². The van der Waals surface area contributed by atoms with Gasteiger partial charge in [-0.25, -0.2) is 0 Å². The van der Waals surface area contributed by atoms with E-state index in [4.69, 9.17) is 5.73 Å². The van der Waals surface area contributed by atoms with Crippen molar-refractivity contribution in [1.29, 1.82) is 0 Å². The molecule has 2 aromatic rings. The predicted molar refractivity (Wildman–Crippen MR) is 82.4 cm³/mol. The number of carbonyl (C=O) groups is 1. The zero-order valence-electron chi connectivity index (χ0n) is 10.7. The van der Waals surface area contributed by atoms with Gasteiger partial charge < -0.3 is 5.73 Å². The van der Waals surface area contributed by atoms with Crippen LogP contribution in [0.25, 0.3) is 0 Å². The summed E-state index contributed by atoms with van der Waals surface area (Å²) in [4.78, 5) is 11.8. The molecule has 1 aromatic carbocycles. The molecule has 1 aromatic heterocycles. The Morgan fingerprint density at radius 1 is 1.19 bits per heavy atom. The first kappa shape index (κ1) is 15.0. The molecule has 0 saturated carbocycles. The van der Waals surface area contributed by atoms with E-state index < -0.39 is 22.1 Å². The maximum atomic E-state index is 11.8. The van der Waals surface area contributed by atoms with Gasteiger partial charge in [0.1, 0.15) is 0 Å². The molecular weight excluding hydrogens is 312 g/mol. The van der Waals surface area contributed by atoms with E-state index >= 15 is 0 Å². The fourth-order valence-electron chi connectivity index (χ4n) is 1.42. The molecule has 21 heavy (non-hydrogen) atoms. The molecule has 0 spiro atoms. The number of anilines is 1. The zero-order chi connectivity index (χ0) is 15.3. The van der Waals surface area contributed by atoms with Crippen LogP contribution in [0.4, 0.5) is 5.69 Å². The first-order valence-corrected chi connectivity index (χ1v) is 8.11. The maximum Gasteiger partial charge on any atom is 0.345 e. The third-order valence-electron chi connectivity index (χ3n) is 2.26. The van der Waals surface area contributed by atoms with Gasteiger partial charge in [0.25, 0.3) is 5.91 Å². The lowest BCUT2D eigenvalue weighted by molar-refractivity contribution is 0.0977. The molecule has 0 aliphatic rings. The van der Waals surface area contributed by atoms with Crippen molar-refractivity contribution in [2.75, 3.05) is 4.72 Å².